The Bertz CT molecular complexity index is 810. The molecule has 2 amide bonds. The van der Waals surface area contributed by atoms with Crippen molar-refractivity contribution < 1.29 is 29.0 Å². The number of aliphatic hydroxyl groups excluding tert-OH is 1. The van der Waals surface area contributed by atoms with Crippen LogP contribution in [0.5, 0.6) is 0 Å². The second-order valence-electron chi connectivity index (χ2n) is 9.00. The highest BCUT2D eigenvalue weighted by Gasteiger charge is 2.74. The fraction of sp³-hybridized carbons (Fsp3) is 0.696. The number of likely N-dealkylation sites (tertiary alicyclic amines) is 1. The number of nitrogens with zero attached hydrogens (tertiary/aromatic N) is 2. The zero-order chi connectivity index (χ0) is 22.2. The van der Waals surface area contributed by atoms with Crippen molar-refractivity contribution in [1.29, 1.82) is 0 Å². The SMILES string of the molecule is CCCCN1CC=C[C@]23O[C@@]4(C)C=CCCOC(=O)[C@H]4[C@H]2C(=O)N(CCCO)C3C1=O. The number of esters is 1. The van der Waals surface area contributed by atoms with Gasteiger partial charge < -0.3 is 24.4 Å². The lowest BCUT2D eigenvalue weighted by Crippen LogP contribution is -2.56. The molecule has 4 heterocycles. The van der Waals surface area contributed by atoms with E-state index in [2.05, 4.69) is 6.92 Å². The molecule has 1 N–H and O–H groups in total. The summed E-state index contributed by atoms with van der Waals surface area (Å²) in [6.07, 6.45) is 10.2. The predicted molar refractivity (Wildman–Crippen MR) is 112 cm³/mol. The van der Waals surface area contributed by atoms with Gasteiger partial charge in [-0.25, -0.2) is 0 Å². The standard InChI is InChI=1S/C23H32N2O6/c1-3-4-11-24-12-7-10-23-16(19(27)25(13-8-14-26)18(23)20(24)28)17-21(29)30-15-6-5-9-22(17,2)31-23/h5,7,9-10,16-18,26H,3-4,6,8,11-15H2,1-2H3/t16-,17+,18?,22-,23-/m0/s1. The van der Waals surface area contributed by atoms with Gasteiger partial charge in [0.2, 0.25) is 11.8 Å². The van der Waals surface area contributed by atoms with Crippen LogP contribution in [0.1, 0.15) is 39.5 Å². The number of fused-ring (bicyclic) bond motifs is 2. The second-order valence-corrected chi connectivity index (χ2v) is 9.00. The summed E-state index contributed by atoms with van der Waals surface area (Å²) < 4.78 is 12.1. The number of cyclic esters (lactones) is 1. The van der Waals surface area contributed by atoms with Crippen molar-refractivity contribution in [2.75, 3.05) is 32.8 Å². The summed E-state index contributed by atoms with van der Waals surface area (Å²) in [6, 6.07) is -0.863. The van der Waals surface area contributed by atoms with E-state index >= 15 is 0 Å². The monoisotopic (exact) mass is 432 g/mol. The molecule has 2 saturated heterocycles. The Morgan fingerprint density at radius 3 is 2.65 bits per heavy atom. The molecule has 4 aliphatic rings. The smallest absolute Gasteiger partial charge is 0.313 e. The van der Waals surface area contributed by atoms with Crippen molar-refractivity contribution in [2.24, 2.45) is 11.8 Å². The molecular weight excluding hydrogens is 400 g/mol. The Hall–Kier alpha value is -2.19. The first kappa shape index (κ1) is 22.0. The fourth-order valence-corrected chi connectivity index (χ4v) is 5.57. The van der Waals surface area contributed by atoms with Crippen LogP contribution in [0.4, 0.5) is 0 Å². The Labute approximate surface area is 182 Å². The van der Waals surface area contributed by atoms with Crippen LogP contribution in [0.2, 0.25) is 0 Å². The first-order valence-electron chi connectivity index (χ1n) is 11.3. The Balaban J connectivity index is 1.81. The molecule has 0 bridgehead atoms. The van der Waals surface area contributed by atoms with Crippen LogP contribution in [-0.2, 0) is 23.9 Å². The van der Waals surface area contributed by atoms with Gasteiger partial charge in [0, 0.05) is 26.2 Å². The highest BCUT2D eigenvalue weighted by atomic mass is 16.6. The van der Waals surface area contributed by atoms with E-state index in [1.54, 1.807) is 11.8 Å². The average Bonchev–Trinajstić information content (AvgIpc) is 3.05. The Morgan fingerprint density at radius 2 is 1.90 bits per heavy atom. The summed E-state index contributed by atoms with van der Waals surface area (Å²) in [4.78, 5) is 43.8. The summed E-state index contributed by atoms with van der Waals surface area (Å²) in [7, 11) is 0. The predicted octanol–water partition coefficient (Wildman–Crippen LogP) is 1.04. The normalized spacial score (nSPS) is 37.1. The van der Waals surface area contributed by atoms with Gasteiger partial charge in [-0.3, -0.25) is 14.4 Å². The molecule has 0 radical (unpaired) electrons. The van der Waals surface area contributed by atoms with Crippen molar-refractivity contribution in [3.05, 3.63) is 24.3 Å². The number of rotatable bonds is 6. The number of aliphatic hydroxyl groups is 1. The molecule has 31 heavy (non-hydrogen) atoms. The van der Waals surface area contributed by atoms with Crippen LogP contribution in [-0.4, -0.2) is 82.8 Å². The largest absolute Gasteiger partial charge is 0.465 e. The zero-order valence-corrected chi connectivity index (χ0v) is 18.3. The van der Waals surface area contributed by atoms with E-state index in [-0.39, 0.29) is 31.6 Å². The zero-order valence-electron chi connectivity index (χ0n) is 18.3. The average molecular weight is 433 g/mol. The van der Waals surface area contributed by atoms with Crippen molar-refractivity contribution in [3.8, 4) is 0 Å². The van der Waals surface area contributed by atoms with Crippen LogP contribution in [0.15, 0.2) is 24.3 Å². The highest BCUT2D eigenvalue weighted by Crippen LogP contribution is 2.57. The molecule has 0 saturated carbocycles. The van der Waals surface area contributed by atoms with Gasteiger partial charge in [-0.1, -0.05) is 37.6 Å². The van der Waals surface area contributed by atoms with Gasteiger partial charge in [0.15, 0.2) is 0 Å². The summed E-state index contributed by atoms with van der Waals surface area (Å²) in [5.74, 6) is -2.59. The van der Waals surface area contributed by atoms with Gasteiger partial charge in [-0.2, -0.15) is 0 Å². The van der Waals surface area contributed by atoms with E-state index in [4.69, 9.17) is 9.47 Å². The van der Waals surface area contributed by atoms with Crippen molar-refractivity contribution >= 4 is 17.8 Å². The van der Waals surface area contributed by atoms with E-state index in [0.29, 0.717) is 25.9 Å². The van der Waals surface area contributed by atoms with E-state index < -0.39 is 35.0 Å². The maximum absolute atomic E-state index is 13.7. The van der Waals surface area contributed by atoms with Crippen molar-refractivity contribution in [1.82, 2.24) is 9.80 Å². The molecule has 0 aliphatic carbocycles. The fourth-order valence-electron chi connectivity index (χ4n) is 5.57. The van der Waals surface area contributed by atoms with Gasteiger partial charge in [-0.05, 0) is 26.2 Å². The van der Waals surface area contributed by atoms with Crippen LogP contribution in [0.25, 0.3) is 0 Å². The van der Waals surface area contributed by atoms with Gasteiger partial charge in [0.1, 0.15) is 17.6 Å². The minimum Gasteiger partial charge on any atom is -0.465 e. The third-order valence-corrected chi connectivity index (χ3v) is 6.94. The van der Waals surface area contributed by atoms with Crippen LogP contribution < -0.4 is 0 Å². The molecule has 0 aromatic rings. The first-order valence-corrected chi connectivity index (χ1v) is 11.3. The number of amides is 2. The molecule has 4 aliphatic heterocycles. The number of hydrogen-bond donors (Lipinski definition) is 1. The molecule has 1 unspecified atom stereocenters. The quantitative estimate of drug-likeness (QED) is 0.498. The lowest BCUT2D eigenvalue weighted by molar-refractivity contribution is -0.160. The molecule has 170 valence electrons. The van der Waals surface area contributed by atoms with Crippen LogP contribution in [0, 0.1) is 11.8 Å². The molecule has 0 aromatic carbocycles. The van der Waals surface area contributed by atoms with Gasteiger partial charge in [-0.15, -0.1) is 0 Å². The number of hydrogen-bond acceptors (Lipinski definition) is 6. The first-order chi connectivity index (χ1) is 14.9. The lowest BCUT2D eigenvalue weighted by atomic mass is 9.74. The minimum absolute atomic E-state index is 0.0927. The van der Waals surface area contributed by atoms with Gasteiger partial charge in [0.05, 0.1) is 18.1 Å². The number of unbranched alkanes of at least 4 members (excludes halogenated alkanes) is 1. The van der Waals surface area contributed by atoms with E-state index in [1.165, 1.54) is 4.90 Å². The molecule has 0 aromatic heterocycles. The van der Waals surface area contributed by atoms with Crippen molar-refractivity contribution in [2.45, 2.75) is 56.8 Å². The van der Waals surface area contributed by atoms with E-state index in [1.807, 2.05) is 24.3 Å². The summed E-state index contributed by atoms with van der Waals surface area (Å²) >= 11 is 0. The van der Waals surface area contributed by atoms with Crippen molar-refractivity contribution in [3.63, 3.8) is 0 Å². The van der Waals surface area contributed by atoms with Gasteiger partial charge in [0.25, 0.3) is 0 Å². The van der Waals surface area contributed by atoms with Gasteiger partial charge >= 0.3 is 5.97 Å². The summed E-state index contributed by atoms with van der Waals surface area (Å²) in [6.45, 7) is 5.30. The summed E-state index contributed by atoms with van der Waals surface area (Å²) in [5, 5.41) is 9.38. The Morgan fingerprint density at radius 1 is 1.10 bits per heavy atom. The number of carbonyl (C=O) groups is 3. The number of ether oxygens (including phenoxy) is 2. The maximum atomic E-state index is 13.7. The molecule has 2 fully saturated rings. The van der Waals surface area contributed by atoms with E-state index in [9.17, 15) is 19.5 Å². The van der Waals surface area contributed by atoms with Crippen LogP contribution in [0.3, 0.4) is 0 Å². The topological polar surface area (TPSA) is 96.4 Å². The number of carbonyl (C=O) groups excluding carboxylic acids is 3. The Kier molecular flexibility index (Phi) is 5.96. The third-order valence-electron chi connectivity index (χ3n) is 6.94. The third kappa shape index (κ3) is 3.40. The molecule has 8 nitrogen and oxygen atoms in total. The molecular formula is C23H32N2O6. The molecule has 1 spiro atoms. The molecule has 4 rings (SSSR count). The molecule has 5 atom stereocenters. The van der Waals surface area contributed by atoms with Crippen LogP contribution >= 0.6 is 0 Å². The maximum Gasteiger partial charge on any atom is 0.313 e. The highest BCUT2D eigenvalue weighted by molar-refractivity contribution is 5.99. The second kappa shape index (κ2) is 8.39. The lowest BCUT2D eigenvalue weighted by Gasteiger charge is -2.37. The molecule has 8 heteroatoms. The summed E-state index contributed by atoms with van der Waals surface area (Å²) in [5.41, 5.74) is -2.28. The minimum atomic E-state index is -1.24. The van der Waals surface area contributed by atoms with E-state index in [0.717, 1.165) is 12.8 Å².